The Labute approximate surface area is 111 Å². The van der Waals surface area contributed by atoms with E-state index in [9.17, 15) is 0 Å². The molecule has 19 heavy (non-hydrogen) atoms. The molecule has 6 nitrogen and oxygen atoms in total. The number of fused-ring (bicyclic) bond motifs is 1. The van der Waals surface area contributed by atoms with Crippen molar-refractivity contribution in [2.45, 2.75) is 13.0 Å². The van der Waals surface area contributed by atoms with Crippen LogP contribution in [-0.2, 0) is 13.6 Å². The first-order valence-corrected chi connectivity index (χ1v) is 6.17. The minimum absolute atomic E-state index is 0.701. The van der Waals surface area contributed by atoms with Gasteiger partial charge in [0.25, 0.3) is 0 Å². The van der Waals surface area contributed by atoms with Gasteiger partial charge >= 0.3 is 0 Å². The summed E-state index contributed by atoms with van der Waals surface area (Å²) in [5.41, 5.74) is 2.80. The van der Waals surface area contributed by atoms with Gasteiger partial charge in [-0.1, -0.05) is 23.4 Å². The van der Waals surface area contributed by atoms with Crippen molar-refractivity contribution < 1.29 is 5.21 Å². The molecule has 0 saturated heterocycles. The van der Waals surface area contributed by atoms with Crippen LogP contribution in [0.3, 0.4) is 0 Å². The van der Waals surface area contributed by atoms with Gasteiger partial charge in [0, 0.05) is 31.3 Å². The Bertz CT molecular complexity index is 619. The lowest BCUT2D eigenvalue weighted by molar-refractivity contribution is 0.317. The summed E-state index contributed by atoms with van der Waals surface area (Å²) in [4.78, 5) is 6.48. The van der Waals surface area contributed by atoms with Crippen molar-refractivity contribution in [3.05, 3.63) is 42.0 Å². The zero-order valence-corrected chi connectivity index (χ0v) is 10.7. The second-order valence-corrected chi connectivity index (χ2v) is 4.54. The van der Waals surface area contributed by atoms with Gasteiger partial charge in [-0.05, 0) is 6.07 Å². The zero-order valence-electron chi connectivity index (χ0n) is 10.7. The van der Waals surface area contributed by atoms with Crippen LogP contribution in [0.2, 0.25) is 0 Å². The Morgan fingerprint density at radius 3 is 2.95 bits per heavy atom. The third kappa shape index (κ3) is 2.05. The highest BCUT2D eigenvalue weighted by Crippen LogP contribution is 2.28. The van der Waals surface area contributed by atoms with E-state index in [4.69, 9.17) is 5.21 Å². The maximum Gasteiger partial charge on any atom is 0.146 e. The third-order valence-electron chi connectivity index (χ3n) is 3.43. The maximum atomic E-state index is 9.07. The van der Waals surface area contributed by atoms with E-state index in [-0.39, 0.29) is 0 Å². The molecule has 0 fully saturated rings. The first kappa shape index (κ1) is 11.7. The number of oxime groups is 1. The highest BCUT2D eigenvalue weighted by atomic mass is 16.4. The average molecular weight is 257 g/mol. The number of anilines is 1. The minimum Gasteiger partial charge on any atom is -0.411 e. The zero-order chi connectivity index (χ0) is 13.2. The van der Waals surface area contributed by atoms with Crippen LogP contribution in [0.4, 0.5) is 5.69 Å². The second kappa shape index (κ2) is 4.72. The molecule has 0 amide bonds. The van der Waals surface area contributed by atoms with Crippen molar-refractivity contribution >= 4 is 11.4 Å². The monoisotopic (exact) mass is 257 g/mol. The van der Waals surface area contributed by atoms with Crippen molar-refractivity contribution in [2.75, 3.05) is 11.4 Å². The number of aromatic nitrogens is 3. The lowest BCUT2D eigenvalue weighted by Crippen LogP contribution is -2.32. The number of rotatable bonds is 2. The molecule has 0 atom stereocenters. The fourth-order valence-corrected chi connectivity index (χ4v) is 2.39. The number of benzene rings is 1. The van der Waals surface area contributed by atoms with E-state index in [0.717, 1.165) is 35.8 Å². The second-order valence-electron chi connectivity index (χ2n) is 4.54. The van der Waals surface area contributed by atoms with Crippen molar-refractivity contribution in [1.29, 1.82) is 0 Å². The summed E-state index contributed by atoms with van der Waals surface area (Å²) in [6.45, 7) is 1.51. The molecule has 0 radical (unpaired) electrons. The van der Waals surface area contributed by atoms with Gasteiger partial charge in [0.15, 0.2) is 0 Å². The van der Waals surface area contributed by atoms with Gasteiger partial charge in [0.05, 0.1) is 12.3 Å². The molecule has 0 bridgehead atoms. The highest BCUT2D eigenvalue weighted by molar-refractivity contribution is 6.06. The maximum absolute atomic E-state index is 9.07. The number of hydrogen-bond acceptors (Lipinski definition) is 5. The molecule has 2 heterocycles. The molecule has 0 spiro atoms. The lowest BCUT2D eigenvalue weighted by atomic mass is 9.99. The summed E-state index contributed by atoms with van der Waals surface area (Å²) in [6.07, 6.45) is 2.29. The quantitative estimate of drug-likeness (QED) is 0.652. The van der Waals surface area contributed by atoms with E-state index in [1.807, 2.05) is 31.3 Å². The van der Waals surface area contributed by atoms with Gasteiger partial charge in [-0.15, -0.1) is 0 Å². The van der Waals surface area contributed by atoms with Crippen molar-refractivity contribution in [3.8, 4) is 0 Å². The first-order valence-electron chi connectivity index (χ1n) is 6.17. The highest BCUT2D eigenvalue weighted by Gasteiger charge is 2.22. The summed E-state index contributed by atoms with van der Waals surface area (Å²) in [5, 5.41) is 16.5. The van der Waals surface area contributed by atoms with Gasteiger partial charge in [0.1, 0.15) is 12.2 Å². The van der Waals surface area contributed by atoms with E-state index >= 15 is 0 Å². The molecule has 2 aromatic rings. The average Bonchev–Trinajstić information content (AvgIpc) is 2.85. The summed E-state index contributed by atoms with van der Waals surface area (Å²) in [5.74, 6) is 0.916. The number of hydrogen-bond donors (Lipinski definition) is 1. The van der Waals surface area contributed by atoms with Crippen LogP contribution in [0.25, 0.3) is 0 Å². The van der Waals surface area contributed by atoms with Crippen LogP contribution in [0.5, 0.6) is 0 Å². The Hall–Kier alpha value is -2.37. The topological polar surface area (TPSA) is 66.5 Å². The van der Waals surface area contributed by atoms with E-state index in [1.54, 1.807) is 11.0 Å². The minimum atomic E-state index is 0.701. The van der Waals surface area contributed by atoms with Gasteiger partial charge in [-0.3, -0.25) is 4.68 Å². The number of nitrogens with zero attached hydrogens (tertiary/aromatic N) is 5. The smallest absolute Gasteiger partial charge is 0.146 e. The van der Waals surface area contributed by atoms with Crippen LogP contribution in [0, 0.1) is 0 Å². The molecule has 3 rings (SSSR count). The molecule has 0 saturated carbocycles. The summed E-state index contributed by atoms with van der Waals surface area (Å²) >= 11 is 0. The largest absolute Gasteiger partial charge is 0.411 e. The van der Waals surface area contributed by atoms with Crippen LogP contribution >= 0.6 is 0 Å². The Balaban J connectivity index is 1.95. The molecule has 1 N–H and O–H groups in total. The number of para-hydroxylation sites is 1. The van der Waals surface area contributed by atoms with E-state index in [2.05, 4.69) is 20.1 Å². The fraction of sp³-hybridized carbons (Fsp3) is 0.308. The summed E-state index contributed by atoms with van der Waals surface area (Å²) in [7, 11) is 1.89. The Morgan fingerprint density at radius 2 is 2.21 bits per heavy atom. The SMILES string of the molecule is Cn1ncnc1CN1CCC(=NO)c2ccccc21. The molecular formula is C13H15N5O. The molecule has 1 aromatic carbocycles. The predicted octanol–water partition coefficient (Wildman–Crippen LogP) is 1.40. The predicted molar refractivity (Wildman–Crippen MR) is 71.4 cm³/mol. The standard InChI is InChI=1S/C13H15N5O/c1-17-13(14-9-15-17)8-18-7-6-11(16-19)10-4-2-3-5-12(10)18/h2-5,9,19H,6-8H2,1H3. The van der Waals surface area contributed by atoms with Gasteiger partial charge < -0.3 is 10.1 Å². The summed E-state index contributed by atoms with van der Waals surface area (Å²) in [6, 6.07) is 7.96. The molecule has 1 aromatic heterocycles. The van der Waals surface area contributed by atoms with Gasteiger partial charge in [-0.2, -0.15) is 5.10 Å². The third-order valence-corrected chi connectivity index (χ3v) is 3.43. The normalized spacial score (nSPS) is 16.7. The molecule has 6 heteroatoms. The van der Waals surface area contributed by atoms with Crippen LogP contribution < -0.4 is 4.90 Å². The van der Waals surface area contributed by atoms with Crippen LogP contribution in [0.15, 0.2) is 35.7 Å². The molecule has 98 valence electrons. The van der Waals surface area contributed by atoms with E-state index in [0.29, 0.717) is 6.54 Å². The summed E-state index contributed by atoms with van der Waals surface area (Å²) < 4.78 is 1.78. The molecular weight excluding hydrogens is 242 g/mol. The van der Waals surface area contributed by atoms with Gasteiger partial charge in [-0.25, -0.2) is 4.98 Å². The molecule has 0 aliphatic carbocycles. The van der Waals surface area contributed by atoms with Crippen molar-refractivity contribution in [3.63, 3.8) is 0 Å². The van der Waals surface area contributed by atoms with Gasteiger partial charge in [0.2, 0.25) is 0 Å². The molecule has 1 aliphatic rings. The lowest BCUT2D eigenvalue weighted by Gasteiger charge is -2.31. The van der Waals surface area contributed by atoms with Crippen LogP contribution in [-0.4, -0.2) is 32.2 Å². The fourth-order valence-electron chi connectivity index (χ4n) is 2.39. The molecule has 1 aliphatic heterocycles. The first-order chi connectivity index (χ1) is 9.29. The van der Waals surface area contributed by atoms with Crippen molar-refractivity contribution in [2.24, 2.45) is 12.2 Å². The number of aryl methyl sites for hydroxylation is 1. The van der Waals surface area contributed by atoms with E-state index < -0.39 is 0 Å². The Kier molecular flexibility index (Phi) is 2.91. The van der Waals surface area contributed by atoms with Crippen LogP contribution in [0.1, 0.15) is 17.8 Å². The molecule has 0 unspecified atom stereocenters. The van der Waals surface area contributed by atoms with Crippen molar-refractivity contribution in [1.82, 2.24) is 14.8 Å². The Morgan fingerprint density at radius 1 is 1.37 bits per heavy atom. The van der Waals surface area contributed by atoms with E-state index in [1.165, 1.54) is 0 Å².